The molecule has 1 amide bonds. The van der Waals surface area contributed by atoms with E-state index in [0.29, 0.717) is 29.1 Å². The van der Waals surface area contributed by atoms with Gasteiger partial charge in [-0.2, -0.15) is 0 Å². The molecule has 132 valence electrons. The topological polar surface area (TPSA) is 75.7 Å². The lowest BCUT2D eigenvalue weighted by molar-refractivity contribution is 0.102. The van der Waals surface area contributed by atoms with Gasteiger partial charge in [0.2, 0.25) is 10.0 Å². The van der Waals surface area contributed by atoms with Crippen LogP contribution in [0.15, 0.2) is 42.5 Å². The monoisotopic (exact) mass is 360 g/mol. The number of hydrogen-bond acceptors (Lipinski definition) is 4. The number of methoxy groups -OCH3 is 1. The van der Waals surface area contributed by atoms with E-state index in [-0.39, 0.29) is 11.9 Å². The summed E-state index contributed by atoms with van der Waals surface area (Å²) < 4.78 is 30.5. The van der Waals surface area contributed by atoms with E-state index in [0.717, 1.165) is 5.56 Å². The van der Waals surface area contributed by atoms with E-state index in [1.54, 1.807) is 49.6 Å². The SMILES string of the molecule is COc1cccc(NC(=O)c2ccc3c(c2)CC(C)N3S(C)(=O)=O)c1. The van der Waals surface area contributed by atoms with E-state index in [9.17, 15) is 13.2 Å². The van der Waals surface area contributed by atoms with Crippen molar-refractivity contribution < 1.29 is 17.9 Å². The summed E-state index contributed by atoms with van der Waals surface area (Å²) in [6.45, 7) is 1.86. The number of nitrogens with zero attached hydrogens (tertiary/aromatic N) is 1. The molecular weight excluding hydrogens is 340 g/mol. The van der Waals surface area contributed by atoms with Crippen molar-refractivity contribution in [2.75, 3.05) is 23.0 Å². The van der Waals surface area contributed by atoms with Crippen LogP contribution in [-0.2, 0) is 16.4 Å². The minimum atomic E-state index is -3.34. The summed E-state index contributed by atoms with van der Waals surface area (Å²) in [4.78, 5) is 12.5. The van der Waals surface area contributed by atoms with E-state index >= 15 is 0 Å². The van der Waals surface area contributed by atoms with Gasteiger partial charge in [0.05, 0.1) is 19.1 Å². The highest BCUT2D eigenvalue weighted by Crippen LogP contribution is 2.34. The maximum atomic E-state index is 12.5. The summed E-state index contributed by atoms with van der Waals surface area (Å²) in [5.74, 6) is 0.408. The predicted molar refractivity (Wildman–Crippen MR) is 97.9 cm³/mol. The van der Waals surface area contributed by atoms with Gasteiger partial charge in [0.15, 0.2) is 0 Å². The molecule has 1 aliphatic heterocycles. The van der Waals surface area contributed by atoms with Crippen molar-refractivity contribution in [2.45, 2.75) is 19.4 Å². The van der Waals surface area contributed by atoms with Crippen LogP contribution in [0, 0.1) is 0 Å². The molecule has 1 atom stereocenters. The van der Waals surface area contributed by atoms with Gasteiger partial charge in [0.25, 0.3) is 5.91 Å². The zero-order valence-corrected chi connectivity index (χ0v) is 15.1. The van der Waals surface area contributed by atoms with Crippen molar-refractivity contribution in [3.8, 4) is 5.75 Å². The summed E-state index contributed by atoms with van der Waals surface area (Å²) in [6, 6.07) is 12.0. The highest BCUT2D eigenvalue weighted by Gasteiger charge is 2.32. The normalized spacial score (nSPS) is 16.4. The smallest absolute Gasteiger partial charge is 0.255 e. The Balaban J connectivity index is 1.85. The highest BCUT2D eigenvalue weighted by atomic mass is 32.2. The Morgan fingerprint density at radius 1 is 1.24 bits per heavy atom. The average Bonchev–Trinajstić information content (AvgIpc) is 2.89. The van der Waals surface area contributed by atoms with Crippen molar-refractivity contribution >= 4 is 27.3 Å². The van der Waals surface area contributed by atoms with Gasteiger partial charge in [-0.3, -0.25) is 9.10 Å². The first-order valence-corrected chi connectivity index (χ1v) is 9.72. The van der Waals surface area contributed by atoms with Crippen molar-refractivity contribution in [2.24, 2.45) is 0 Å². The standard InChI is InChI=1S/C18H20N2O4S/c1-12-9-14-10-13(7-8-17(14)20(12)25(3,22)23)18(21)19-15-5-4-6-16(11-15)24-2/h4-8,10-12H,9H2,1-3H3,(H,19,21). The largest absolute Gasteiger partial charge is 0.497 e. The maximum absolute atomic E-state index is 12.5. The van der Waals surface area contributed by atoms with Crippen LogP contribution < -0.4 is 14.4 Å². The summed E-state index contributed by atoms with van der Waals surface area (Å²) in [6.07, 6.45) is 1.78. The number of nitrogens with one attached hydrogen (secondary N) is 1. The van der Waals surface area contributed by atoms with E-state index in [4.69, 9.17) is 4.74 Å². The number of rotatable bonds is 4. The van der Waals surface area contributed by atoms with E-state index in [1.165, 1.54) is 10.6 Å². The van der Waals surface area contributed by atoms with E-state index < -0.39 is 10.0 Å². The molecule has 0 saturated heterocycles. The lowest BCUT2D eigenvalue weighted by Crippen LogP contribution is -2.34. The molecule has 0 fully saturated rings. The fourth-order valence-electron chi connectivity index (χ4n) is 3.15. The minimum absolute atomic E-state index is 0.151. The molecule has 0 saturated carbocycles. The van der Waals surface area contributed by atoms with Crippen LogP contribution in [0.2, 0.25) is 0 Å². The number of carbonyl (C=O) groups excluding carboxylic acids is 1. The van der Waals surface area contributed by atoms with Crippen LogP contribution in [0.5, 0.6) is 5.75 Å². The number of anilines is 2. The number of fused-ring (bicyclic) bond motifs is 1. The van der Waals surface area contributed by atoms with Crippen molar-refractivity contribution in [1.29, 1.82) is 0 Å². The molecule has 0 spiro atoms. The first-order valence-electron chi connectivity index (χ1n) is 7.87. The average molecular weight is 360 g/mol. The number of benzene rings is 2. The highest BCUT2D eigenvalue weighted by molar-refractivity contribution is 7.92. The lowest BCUT2D eigenvalue weighted by Gasteiger charge is -2.21. The molecule has 2 aromatic rings. The van der Waals surface area contributed by atoms with Gasteiger partial charge in [-0.1, -0.05) is 6.07 Å². The summed E-state index contributed by atoms with van der Waals surface area (Å²) >= 11 is 0. The molecule has 2 aromatic carbocycles. The Morgan fingerprint density at radius 2 is 2.00 bits per heavy atom. The van der Waals surface area contributed by atoms with Crippen LogP contribution in [0.25, 0.3) is 0 Å². The molecular formula is C18H20N2O4S. The van der Waals surface area contributed by atoms with Crippen LogP contribution in [0.1, 0.15) is 22.8 Å². The number of sulfonamides is 1. The number of carbonyl (C=O) groups is 1. The Hall–Kier alpha value is -2.54. The number of ether oxygens (including phenoxy) is 1. The van der Waals surface area contributed by atoms with Crippen molar-refractivity contribution in [3.63, 3.8) is 0 Å². The third-order valence-electron chi connectivity index (χ3n) is 4.18. The van der Waals surface area contributed by atoms with Gasteiger partial charge in [-0.05, 0) is 49.2 Å². The number of hydrogen-bond donors (Lipinski definition) is 1. The maximum Gasteiger partial charge on any atom is 0.255 e. The van der Waals surface area contributed by atoms with Gasteiger partial charge in [0, 0.05) is 23.4 Å². The van der Waals surface area contributed by atoms with E-state index in [2.05, 4.69) is 5.32 Å². The van der Waals surface area contributed by atoms with Crippen LogP contribution >= 0.6 is 0 Å². The molecule has 25 heavy (non-hydrogen) atoms. The molecule has 1 N–H and O–H groups in total. The molecule has 0 aliphatic carbocycles. The second-order valence-electron chi connectivity index (χ2n) is 6.14. The third-order valence-corrected chi connectivity index (χ3v) is 5.45. The first kappa shape index (κ1) is 17.3. The Kier molecular flexibility index (Phi) is 4.43. The molecule has 1 unspecified atom stereocenters. The quantitative estimate of drug-likeness (QED) is 0.909. The van der Waals surface area contributed by atoms with Crippen molar-refractivity contribution in [1.82, 2.24) is 0 Å². The van der Waals surface area contributed by atoms with Gasteiger partial charge in [-0.15, -0.1) is 0 Å². The van der Waals surface area contributed by atoms with Gasteiger partial charge >= 0.3 is 0 Å². The molecule has 1 aliphatic rings. The van der Waals surface area contributed by atoms with Gasteiger partial charge in [-0.25, -0.2) is 8.42 Å². The molecule has 0 bridgehead atoms. The molecule has 0 radical (unpaired) electrons. The Morgan fingerprint density at radius 3 is 2.68 bits per heavy atom. The zero-order chi connectivity index (χ0) is 18.2. The van der Waals surface area contributed by atoms with Crippen LogP contribution in [0.4, 0.5) is 11.4 Å². The fourth-order valence-corrected chi connectivity index (χ4v) is 4.42. The van der Waals surface area contributed by atoms with Gasteiger partial charge < -0.3 is 10.1 Å². The Bertz CT molecular complexity index is 924. The zero-order valence-electron chi connectivity index (χ0n) is 14.3. The van der Waals surface area contributed by atoms with Gasteiger partial charge in [0.1, 0.15) is 5.75 Å². The summed E-state index contributed by atoms with van der Waals surface area (Å²) in [7, 11) is -1.77. The minimum Gasteiger partial charge on any atom is -0.497 e. The lowest BCUT2D eigenvalue weighted by atomic mass is 10.1. The van der Waals surface area contributed by atoms with Crippen molar-refractivity contribution in [3.05, 3.63) is 53.6 Å². The van der Waals surface area contributed by atoms with Crippen LogP contribution in [0.3, 0.4) is 0 Å². The summed E-state index contributed by atoms with van der Waals surface area (Å²) in [5, 5.41) is 2.83. The second-order valence-corrected chi connectivity index (χ2v) is 8.00. The molecule has 1 heterocycles. The molecule has 0 aromatic heterocycles. The molecule has 7 heteroatoms. The second kappa shape index (κ2) is 6.40. The summed E-state index contributed by atoms with van der Waals surface area (Å²) in [5.41, 5.74) is 2.63. The third kappa shape index (κ3) is 3.46. The molecule has 6 nitrogen and oxygen atoms in total. The predicted octanol–water partition coefficient (Wildman–Crippen LogP) is 2.66. The number of amides is 1. The first-order chi connectivity index (χ1) is 11.8. The van der Waals surface area contributed by atoms with Crippen LogP contribution in [-0.4, -0.2) is 33.7 Å². The fraction of sp³-hybridized carbons (Fsp3) is 0.278. The van der Waals surface area contributed by atoms with E-state index in [1.807, 2.05) is 6.92 Å². The molecule has 3 rings (SSSR count). The Labute approximate surface area is 147 Å².